The summed E-state index contributed by atoms with van der Waals surface area (Å²) in [5.41, 5.74) is 0. The molecule has 0 unspecified atom stereocenters. The number of amides is 1. The second-order valence-corrected chi connectivity index (χ2v) is 5.22. The van der Waals surface area contributed by atoms with Crippen molar-refractivity contribution in [3.8, 4) is 0 Å². The molecule has 0 spiro atoms. The van der Waals surface area contributed by atoms with Crippen LogP contribution >= 0.6 is 0 Å². The molecule has 4 nitrogen and oxygen atoms in total. The van der Waals surface area contributed by atoms with Crippen LogP contribution in [0.4, 0.5) is 0 Å². The van der Waals surface area contributed by atoms with Gasteiger partial charge in [-0.15, -0.1) is 0 Å². The Morgan fingerprint density at radius 3 is 2.53 bits per heavy atom. The summed E-state index contributed by atoms with van der Waals surface area (Å²) in [7, 11) is 0. The van der Waals surface area contributed by atoms with Gasteiger partial charge in [0.05, 0.1) is 6.54 Å². The van der Waals surface area contributed by atoms with Crippen LogP contribution in [0.5, 0.6) is 0 Å². The van der Waals surface area contributed by atoms with Crippen molar-refractivity contribution < 1.29 is 4.79 Å². The quantitative estimate of drug-likeness (QED) is 0.728. The van der Waals surface area contributed by atoms with E-state index < -0.39 is 0 Å². The van der Waals surface area contributed by atoms with Crippen LogP contribution in [-0.2, 0) is 4.79 Å². The van der Waals surface area contributed by atoms with Crippen LogP contribution in [0.3, 0.4) is 0 Å². The summed E-state index contributed by atoms with van der Waals surface area (Å²) in [6.45, 7) is 10.2. The Morgan fingerprint density at radius 2 is 2.00 bits per heavy atom. The Balaban J connectivity index is 2.14. The lowest BCUT2D eigenvalue weighted by Gasteiger charge is -2.32. The van der Waals surface area contributed by atoms with E-state index in [1.807, 2.05) is 0 Å². The third-order valence-corrected chi connectivity index (χ3v) is 3.16. The molecule has 0 radical (unpaired) electrons. The molecule has 100 valence electrons. The molecule has 1 aliphatic heterocycles. The molecule has 0 aromatic carbocycles. The van der Waals surface area contributed by atoms with E-state index in [2.05, 4.69) is 36.3 Å². The van der Waals surface area contributed by atoms with Crippen molar-refractivity contribution in [2.75, 3.05) is 26.2 Å². The van der Waals surface area contributed by atoms with E-state index in [4.69, 9.17) is 0 Å². The molecule has 0 saturated carbocycles. The van der Waals surface area contributed by atoms with E-state index in [1.165, 1.54) is 13.0 Å². The highest BCUT2D eigenvalue weighted by atomic mass is 16.2. The summed E-state index contributed by atoms with van der Waals surface area (Å²) in [6, 6.07) is 0.747. The molecule has 1 saturated heterocycles. The minimum atomic E-state index is 0.132. The van der Waals surface area contributed by atoms with E-state index in [-0.39, 0.29) is 5.91 Å². The third kappa shape index (κ3) is 6.03. The number of hydrogen-bond acceptors (Lipinski definition) is 3. The zero-order chi connectivity index (χ0) is 12.7. The van der Waals surface area contributed by atoms with E-state index >= 15 is 0 Å². The van der Waals surface area contributed by atoms with Crippen LogP contribution in [0.25, 0.3) is 0 Å². The third-order valence-electron chi connectivity index (χ3n) is 3.16. The fourth-order valence-electron chi connectivity index (χ4n) is 2.19. The molecule has 0 aromatic heterocycles. The summed E-state index contributed by atoms with van der Waals surface area (Å²) >= 11 is 0. The lowest BCUT2D eigenvalue weighted by Crippen LogP contribution is -2.47. The molecule has 0 bridgehead atoms. The minimum absolute atomic E-state index is 0.132. The van der Waals surface area contributed by atoms with Gasteiger partial charge in [0.15, 0.2) is 0 Å². The Morgan fingerprint density at radius 1 is 1.35 bits per heavy atom. The molecule has 0 aromatic rings. The van der Waals surface area contributed by atoms with Gasteiger partial charge in [-0.1, -0.05) is 20.8 Å². The van der Waals surface area contributed by atoms with Gasteiger partial charge in [-0.3, -0.25) is 4.79 Å². The lowest BCUT2D eigenvalue weighted by atomic mass is 10.0. The maximum absolute atomic E-state index is 11.6. The highest BCUT2D eigenvalue weighted by molar-refractivity contribution is 5.78. The van der Waals surface area contributed by atoms with Crippen molar-refractivity contribution in [1.82, 2.24) is 15.5 Å². The summed E-state index contributed by atoms with van der Waals surface area (Å²) in [4.78, 5) is 14.1. The van der Waals surface area contributed by atoms with Crippen molar-refractivity contribution in [2.45, 2.75) is 52.1 Å². The van der Waals surface area contributed by atoms with Gasteiger partial charge in [-0.25, -0.2) is 0 Å². The summed E-state index contributed by atoms with van der Waals surface area (Å²) < 4.78 is 0. The van der Waals surface area contributed by atoms with Crippen molar-refractivity contribution in [3.05, 3.63) is 0 Å². The summed E-state index contributed by atoms with van der Waals surface area (Å²) in [5, 5.41) is 6.25. The minimum Gasteiger partial charge on any atom is -0.352 e. The summed E-state index contributed by atoms with van der Waals surface area (Å²) in [6.07, 6.45) is 3.40. The highest BCUT2D eigenvalue weighted by Crippen LogP contribution is 2.10. The number of rotatable bonds is 6. The average molecular weight is 241 g/mol. The van der Waals surface area contributed by atoms with E-state index in [1.54, 1.807) is 0 Å². The number of hydrogen-bond donors (Lipinski definition) is 2. The predicted molar refractivity (Wildman–Crippen MR) is 71.0 cm³/mol. The number of nitrogens with zero attached hydrogens (tertiary/aromatic N) is 1. The Bertz CT molecular complexity index is 223. The maximum atomic E-state index is 11.6. The molecule has 1 aliphatic rings. The zero-order valence-electron chi connectivity index (χ0n) is 11.5. The van der Waals surface area contributed by atoms with Crippen LogP contribution in [0.1, 0.15) is 40.0 Å². The fraction of sp³-hybridized carbons (Fsp3) is 0.923. The van der Waals surface area contributed by atoms with Gasteiger partial charge in [-0.2, -0.15) is 0 Å². The number of carbonyl (C=O) groups excluding carboxylic acids is 1. The number of carbonyl (C=O) groups is 1. The molecule has 0 atom stereocenters. The van der Waals surface area contributed by atoms with Crippen molar-refractivity contribution in [1.29, 1.82) is 0 Å². The molecule has 1 heterocycles. The molecule has 1 rings (SSSR count). The van der Waals surface area contributed by atoms with Crippen molar-refractivity contribution >= 4 is 5.91 Å². The van der Waals surface area contributed by atoms with Crippen LogP contribution in [0, 0.1) is 0 Å². The molecule has 0 aliphatic carbocycles. The first-order valence-corrected chi connectivity index (χ1v) is 6.87. The first kappa shape index (κ1) is 14.5. The molecule has 4 heteroatoms. The lowest BCUT2D eigenvalue weighted by molar-refractivity contribution is -0.121. The van der Waals surface area contributed by atoms with Crippen LogP contribution in [-0.4, -0.2) is 49.1 Å². The molecule has 2 N–H and O–H groups in total. The maximum Gasteiger partial charge on any atom is 0.234 e. The van der Waals surface area contributed by atoms with Gasteiger partial charge in [0.1, 0.15) is 0 Å². The van der Waals surface area contributed by atoms with Crippen LogP contribution < -0.4 is 10.6 Å². The van der Waals surface area contributed by atoms with Crippen LogP contribution in [0.2, 0.25) is 0 Å². The number of piperidine rings is 1. The van der Waals surface area contributed by atoms with Gasteiger partial charge in [0.2, 0.25) is 5.91 Å². The number of likely N-dealkylation sites (tertiary alicyclic amines) is 1. The highest BCUT2D eigenvalue weighted by Gasteiger charge is 2.19. The largest absolute Gasteiger partial charge is 0.352 e. The molecular weight excluding hydrogens is 214 g/mol. The smallest absolute Gasteiger partial charge is 0.234 e. The Labute approximate surface area is 105 Å². The first-order chi connectivity index (χ1) is 8.11. The Hall–Kier alpha value is -0.610. The van der Waals surface area contributed by atoms with Crippen molar-refractivity contribution in [2.24, 2.45) is 0 Å². The zero-order valence-corrected chi connectivity index (χ0v) is 11.5. The van der Waals surface area contributed by atoms with Gasteiger partial charge in [0, 0.05) is 25.2 Å². The standard InChI is InChI=1S/C13H27N3O/c1-4-7-16-8-5-12(6-9-16)15-13(17)10-14-11(2)3/h11-12,14H,4-10H2,1-3H3,(H,15,17). The second-order valence-electron chi connectivity index (χ2n) is 5.22. The van der Waals surface area contributed by atoms with E-state index in [9.17, 15) is 4.79 Å². The van der Waals surface area contributed by atoms with E-state index in [0.29, 0.717) is 18.6 Å². The predicted octanol–water partition coefficient (Wildman–Crippen LogP) is 0.975. The Kier molecular flexibility index (Phi) is 6.52. The molecule has 1 amide bonds. The second kappa shape index (κ2) is 7.67. The topological polar surface area (TPSA) is 44.4 Å². The summed E-state index contributed by atoms with van der Waals surface area (Å²) in [5.74, 6) is 0.132. The monoisotopic (exact) mass is 241 g/mol. The van der Waals surface area contributed by atoms with Crippen LogP contribution in [0.15, 0.2) is 0 Å². The SMILES string of the molecule is CCCN1CCC(NC(=O)CNC(C)C)CC1. The first-order valence-electron chi connectivity index (χ1n) is 6.87. The van der Waals surface area contributed by atoms with Gasteiger partial charge in [0.25, 0.3) is 0 Å². The van der Waals surface area contributed by atoms with Gasteiger partial charge < -0.3 is 15.5 Å². The number of nitrogens with one attached hydrogen (secondary N) is 2. The normalized spacial score (nSPS) is 18.6. The van der Waals surface area contributed by atoms with Crippen molar-refractivity contribution in [3.63, 3.8) is 0 Å². The molecule has 1 fully saturated rings. The van der Waals surface area contributed by atoms with Gasteiger partial charge >= 0.3 is 0 Å². The van der Waals surface area contributed by atoms with Gasteiger partial charge in [-0.05, 0) is 25.8 Å². The molecule has 17 heavy (non-hydrogen) atoms. The van der Waals surface area contributed by atoms with E-state index in [0.717, 1.165) is 25.9 Å². The average Bonchev–Trinajstić information content (AvgIpc) is 2.29. The molecular formula is C13H27N3O. The fourth-order valence-corrected chi connectivity index (χ4v) is 2.19.